The molecule has 1 aromatic heterocycles. The summed E-state index contributed by atoms with van der Waals surface area (Å²) < 4.78 is 32.4. The van der Waals surface area contributed by atoms with E-state index >= 15 is 0 Å². The van der Waals surface area contributed by atoms with Crippen LogP contribution in [0, 0.1) is 0 Å². The smallest absolute Gasteiger partial charge is 0.243 e. The van der Waals surface area contributed by atoms with E-state index in [0.29, 0.717) is 31.9 Å². The number of imidazole rings is 1. The Bertz CT molecular complexity index is 991. The van der Waals surface area contributed by atoms with E-state index in [1.54, 1.807) is 24.3 Å². The summed E-state index contributed by atoms with van der Waals surface area (Å²) in [4.78, 5) is 10.2. The number of benzene rings is 2. The third-order valence-electron chi connectivity index (χ3n) is 4.59. The van der Waals surface area contributed by atoms with E-state index < -0.39 is 10.0 Å². The van der Waals surface area contributed by atoms with E-state index in [2.05, 4.69) is 14.9 Å². The molecule has 0 atom stereocenters. The zero-order chi connectivity index (χ0) is 18.1. The first-order valence-corrected chi connectivity index (χ1v) is 9.86. The van der Waals surface area contributed by atoms with E-state index in [-0.39, 0.29) is 4.90 Å². The van der Waals surface area contributed by atoms with Crippen LogP contribution in [0.25, 0.3) is 11.0 Å². The van der Waals surface area contributed by atoms with Crippen molar-refractivity contribution in [3.63, 3.8) is 0 Å². The molecule has 1 N–H and O–H groups in total. The van der Waals surface area contributed by atoms with Crippen LogP contribution in [0.3, 0.4) is 0 Å². The van der Waals surface area contributed by atoms with Crippen molar-refractivity contribution in [3.8, 4) is 5.75 Å². The Kier molecular flexibility index (Phi) is 4.29. The van der Waals surface area contributed by atoms with Crippen LogP contribution in [-0.2, 0) is 10.0 Å². The molecule has 0 spiro atoms. The number of hydrogen-bond acceptors (Lipinski definition) is 5. The van der Waals surface area contributed by atoms with Gasteiger partial charge in [0.05, 0.1) is 23.0 Å². The first kappa shape index (κ1) is 16.9. The highest BCUT2D eigenvalue weighted by molar-refractivity contribution is 7.89. The number of sulfonamides is 1. The quantitative estimate of drug-likeness (QED) is 0.759. The lowest BCUT2D eigenvalue weighted by Crippen LogP contribution is -2.49. The second-order valence-corrected chi connectivity index (χ2v) is 8.09. The molecule has 1 fully saturated rings. The average Bonchev–Trinajstić information content (AvgIpc) is 3.12. The number of methoxy groups -OCH3 is 1. The zero-order valence-corrected chi connectivity index (χ0v) is 15.2. The Hall–Kier alpha value is -2.58. The number of piperazine rings is 1. The monoisotopic (exact) mass is 372 g/mol. The van der Waals surface area contributed by atoms with Crippen molar-refractivity contribution in [3.05, 3.63) is 48.5 Å². The van der Waals surface area contributed by atoms with Crippen LogP contribution in [-0.4, -0.2) is 56.0 Å². The lowest BCUT2D eigenvalue weighted by molar-refractivity contribution is 0.382. The summed E-state index contributed by atoms with van der Waals surface area (Å²) in [6.45, 7) is 2.00. The van der Waals surface area contributed by atoms with Gasteiger partial charge in [-0.25, -0.2) is 13.4 Å². The number of nitrogens with zero attached hydrogens (tertiary/aromatic N) is 3. The molecule has 0 saturated carbocycles. The van der Waals surface area contributed by atoms with Crippen LogP contribution in [0.15, 0.2) is 53.4 Å². The van der Waals surface area contributed by atoms with Crippen molar-refractivity contribution in [1.29, 1.82) is 0 Å². The molecule has 1 saturated heterocycles. The van der Waals surface area contributed by atoms with Crippen LogP contribution < -0.4 is 9.64 Å². The summed E-state index contributed by atoms with van der Waals surface area (Å²) in [6, 6.07) is 14.4. The van der Waals surface area contributed by atoms with Crippen LogP contribution >= 0.6 is 0 Å². The standard InChI is InChI=1S/C18H20N4O3S/c1-25-14-5-4-6-15(13-14)26(23,24)22-11-9-21(10-12-22)18-19-16-7-2-3-8-17(16)20-18/h2-8,13H,9-12H2,1H3,(H,19,20). The fourth-order valence-electron chi connectivity index (χ4n) is 3.14. The molecule has 0 unspecified atom stereocenters. The molecule has 4 rings (SSSR count). The highest BCUT2D eigenvalue weighted by atomic mass is 32.2. The van der Waals surface area contributed by atoms with Gasteiger partial charge in [-0.15, -0.1) is 0 Å². The summed E-state index contributed by atoms with van der Waals surface area (Å²) >= 11 is 0. The first-order chi connectivity index (χ1) is 12.6. The third-order valence-corrected chi connectivity index (χ3v) is 6.49. The molecule has 0 amide bonds. The molecule has 2 heterocycles. The number of H-pyrrole nitrogens is 1. The van der Waals surface area contributed by atoms with Gasteiger partial charge in [-0.05, 0) is 24.3 Å². The van der Waals surface area contributed by atoms with Gasteiger partial charge in [0, 0.05) is 32.2 Å². The van der Waals surface area contributed by atoms with Gasteiger partial charge >= 0.3 is 0 Å². The molecule has 26 heavy (non-hydrogen) atoms. The number of nitrogens with one attached hydrogen (secondary N) is 1. The Morgan fingerprint density at radius 2 is 1.81 bits per heavy atom. The summed E-state index contributed by atoms with van der Waals surface area (Å²) in [5.41, 5.74) is 1.89. The van der Waals surface area contributed by atoms with Gasteiger partial charge in [0.15, 0.2) is 0 Å². The van der Waals surface area contributed by atoms with E-state index in [1.807, 2.05) is 24.3 Å². The molecule has 0 radical (unpaired) electrons. The highest BCUT2D eigenvalue weighted by Gasteiger charge is 2.29. The van der Waals surface area contributed by atoms with Crippen molar-refractivity contribution in [2.75, 3.05) is 38.2 Å². The van der Waals surface area contributed by atoms with Gasteiger partial charge in [-0.2, -0.15) is 4.31 Å². The van der Waals surface area contributed by atoms with E-state index in [1.165, 1.54) is 11.4 Å². The van der Waals surface area contributed by atoms with Gasteiger partial charge < -0.3 is 14.6 Å². The minimum Gasteiger partial charge on any atom is -0.497 e. The zero-order valence-electron chi connectivity index (χ0n) is 14.4. The topological polar surface area (TPSA) is 78.5 Å². The second kappa shape index (κ2) is 6.62. The summed E-state index contributed by atoms with van der Waals surface area (Å²) in [7, 11) is -2.00. The van der Waals surface area contributed by atoms with Crippen LogP contribution in [0.1, 0.15) is 0 Å². The molecule has 7 nitrogen and oxygen atoms in total. The highest BCUT2D eigenvalue weighted by Crippen LogP contribution is 2.23. The molecular formula is C18H20N4O3S. The molecule has 0 aliphatic carbocycles. The molecular weight excluding hydrogens is 352 g/mol. The lowest BCUT2D eigenvalue weighted by atomic mass is 10.3. The molecule has 2 aromatic carbocycles. The Balaban J connectivity index is 1.50. The minimum atomic E-state index is -3.53. The Morgan fingerprint density at radius 1 is 1.04 bits per heavy atom. The molecule has 136 valence electrons. The molecule has 1 aliphatic rings. The maximum atomic E-state index is 12.9. The Morgan fingerprint density at radius 3 is 2.54 bits per heavy atom. The molecule has 0 bridgehead atoms. The van der Waals surface area contributed by atoms with E-state index in [0.717, 1.165) is 17.0 Å². The number of aromatic amines is 1. The lowest BCUT2D eigenvalue weighted by Gasteiger charge is -2.33. The fourth-order valence-corrected chi connectivity index (χ4v) is 4.60. The van der Waals surface area contributed by atoms with Crippen molar-refractivity contribution in [2.45, 2.75) is 4.90 Å². The largest absolute Gasteiger partial charge is 0.497 e. The van der Waals surface area contributed by atoms with Gasteiger partial charge in [0.25, 0.3) is 0 Å². The predicted octanol–water partition coefficient (Wildman–Crippen LogP) is 2.08. The third kappa shape index (κ3) is 3.02. The van der Waals surface area contributed by atoms with Gasteiger partial charge in [0.1, 0.15) is 5.75 Å². The average molecular weight is 372 g/mol. The van der Waals surface area contributed by atoms with E-state index in [9.17, 15) is 8.42 Å². The number of fused-ring (bicyclic) bond motifs is 1. The summed E-state index contributed by atoms with van der Waals surface area (Å²) in [5, 5.41) is 0. The molecule has 8 heteroatoms. The predicted molar refractivity (Wildman–Crippen MR) is 100 cm³/mol. The summed E-state index contributed by atoms with van der Waals surface area (Å²) in [5.74, 6) is 1.32. The summed E-state index contributed by atoms with van der Waals surface area (Å²) in [6.07, 6.45) is 0. The van der Waals surface area contributed by atoms with Crippen LogP contribution in [0.2, 0.25) is 0 Å². The van der Waals surface area contributed by atoms with Crippen molar-refractivity contribution >= 4 is 27.0 Å². The number of hydrogen-bond donors (Lipinski definition) is 1. The van der Waals surface area contributed by atoms with Crippen LogP contribution in [0.5, 0.6) is 5.75 Å². The number of anilines is 1. The van der Waals surface area contributed by atoms with E-state index in [4.69, 9.17) is 4.74 Å². The van der Waals surface area contributed by atoms with Crippen molar-refractivity contribution < 1.29 is 13.2 Å². The van der Waals surface area contributed by atoms with Crippen molar-refractivity contribution in [2.24, 2.45) is 0 Å². The number of para-hydroxylation sites is 2. The normalized spacial score (nSPS) is 16.1. The number of rotatable bonds is 4. The number of aromatic nitrogens is 2. The maximum Gasteiger partial charge on any atom is 0.243 e. The fraction of sp³-hybridized carbons (Fsp3) is 0.278. The molecule has 1 aliphatic heterocycles. The minimum absolute atomic E-state index is 0.258. The molecule has 3 aromatic rings. The van der Waals surface area contributed by atoms with Crippen molar-refractivity contribution in [1.82, 2.24) is 14.3 Å². The number of ether oxygens (including phenoxy) is 1. The second-order valence-electron chi connectivity index (χ2n) is 6.15. The van der Waals surface area contributed by atoms with Gasteiger partial charge in [-0.1, -0.05) is 18.2 Å². The maximum absolute atomic E-state index is 12.9. The van der Waals surface area contributed by atoms with Crippen LogP contribution in [0.4, 0.5) is 5.95 Å². The van der Waals surface area contributed by atoms with Gasteiger partial charge in [0.2, 0.25) is 16.0 Å². The Labute approximate surface area is 152 Å². The first-order valence-electron chi connectivity index (χ1n) is 8.42. The van der Waals surface area contributed by atoms with Gasteiger partial charge in [-0.3, -0.25) is 0 Å². The SMILES string of the molecule is COc1cccc(S(=O)(=O)N2CCN(c3nc4ccccc4[nH]3)CC2)c1.